The molecule has 0 aromatic carbocycles. The Hall–Kier alpha value is -1.65. The van der Waals surface area contributed by atoms with Gasteiger partial charge < -0.3 is 10.6 Å². The van der Waals surface area contributed by atoms with Crippen LogP contribution in [0, 0.1) is 0 Å². The highest BCUT2D eigenvalue weighted by molar-refractivity contribution is 6.35. The predicted molar refractivity (Wildman–Crippen MR) is 56.1 cm³/mol. The average Bonchev–Trinajstić information content (AvgIpc) is 2.16. The molecule has 0 saturated carbocycles. The van der Waals surface area contributed by atoms with E-state index in [-0.39, 0.29) is 5.78 Å². The molecule has 0 aliphatic rings. The van der Waals surface area contributed by atoms with E-state index >= 15 is 0 Å². The summed E-state index contributed by atoms with van der Waals surface area (Å²) in [6.45, 7) is 7.09. The molecule has 5 nitrogen and oxygen atoms in total. The zero-order chi connectivity index (χ0) is 11.8. The van der Waals surface area contributed by atoms with Gasteiger partial charge in [0.2, 0.25) is 5.78 Å². The van der Waals surface area contributed by atoms with Crippen molar-refractivity contribution in [3.05, 3.63) is 12.3 Å². The minimum Gasteiger partial charge on any atom is -0.383 e. The number of carbonyl (C=O) groups is 3. The van der Waals surface area contributed by atoms with Crippen LogP contribution in [0.1, 0.15) is 20.3 Å². The molecule has 84 valence electrons. The number of Topliss-reactive ketones (excluding diaryl/α,β-unsaturated/α-hetero) is 2. The first-order valence-electron chi connectivity index (χ1n) is 4.67. The van der Waals surface area contributed by atoms with Gasteiger partial charge in [-0.2, -0.15) is 0 Å². The number of allylic oxidation sites excluding steroid dienone is 1. The van der Waals surface area contributed by atoms with Crippen LogP contribution in [0.15, 0.2) is 12.3 Å². The van der Waals surface area contributed by atoms with Crippen LogP contribution in [0.5, 0.6) is 0 Å². The Morgan fingerprint density at radius 1 is 1.00 bits per heavy atom. The van der Waals surface area contributed by atoms with Gasteiger partial charge in [0.05, 0.1) is 5.70 Å². The van der Waals surface area contributed by atoms with Gasteiger partial charge in [-0.3, -0.25) is 14.4 Å². The lowest BCUT2D eigenvalue weighted by Gasteiger charge is -2.06. The molecule has 15 heavy (non-hydrogen) atoms. The Balaban J connectivity index is 3.48. The summed E-state index contributed by atoms with van der Waals surface area (Å²) in [5.74, 6) is -1.20. The molecule has 0 aliphatic heterocycles. The highest BCUT2D eigenvalue weighted by Gasteiger charge is 2.05. The number of ketones is 2. The smallest absolute Gasteiger partial charge is 0.287 e. The molecule has 0 aromatic rings. The molecule has 0 aliphatic carbocycles. The Kier molecular flexibility index (Phi) is 6.01. The normalized spacial score (nSPS) is 9.20. The monoisotopic (exact) mass is 212 g/mol. The van der Waals surface area contributed by atoms with Crippen LogP contribution in [0.25, 0.3) is 0 Å². The summed E-state index contributed by atoms with van der Waals surface area (Å²) < 4.78 is 0. The Morgan fingerprint density at radius 2 is 1.53 bits per heavy atom. The second-order valence-corrected chi connectivity index (χ2v) is 3.13. The lowest BCUT2D eigenvalue weighted by molar-refractivity contribution is -0.136. The maximum Gasteiger partial charge on any atom is 0.287 e. The highest BCUT2D eigenvalue weighted by atomic mass is 16.2. The van der Waals surface area contributed by atoms with E-state index in [4.69, 9.17) is 0 Å². The van der Waals surface area contributed by atoms with Crippen LogP contribution in [-0.4, -0.2) is 30.6 Å². The first-order chi connectivity index (χ1) is 6.95. The molecule has 0 atom stereocenters. The van der Waals surface area contributed by atoms with E-state index in [2.05, 4.69) is 17.2 Å². The van der Waals surface area contributed by atoms with Crippen molar-refractivity contribution in [2.75, 3.05) is 13.1 Å². The Labute approximate surface area is 88.9 Å². The van der Waals surface area contributed by atoms with Gasteiger partial charge >= 0.3 is 0 Å². The van der Waals surface area contributed by atoms with Crippen LogP contribution in [-0.2, 0) is 14.4 Å². The van der Waals surface area contributed by atoms with E-state index in [0.29, 0.717) is 25.2 Å². The topological polar surface area (TPSA) is 75.3 Å². The van der Waals surface area contributed by atoms with Gasteiger partial charge in [0.15, 0.2) is 5.78 Å². The molecule has 0 fully saturated rings. The first-order valence-corrected chi connectivity index (χ1v) is 4.67. The number of hydrogen-bond donors (Lipinski definition) is 2. The number of nitrogens with one attached hydrogen (secondary N) is 2. The molecule has 0 saturated heterocycles. The van der Waals surface area contributed by atoms with Crippen molar-refractivity contribution in [2.24, 2.45) is 0 Å². The van der Waals surface area contributed by atoms with Gasteiger partial charge in [-0.25, -0.2) is 0 Å². The van der Waals surface area contributed by atoms with Crippen molar-refractivity contribution in [1.29, 1.82) is 0 Å². The molecule has 0 unspecified atom stereocenters. The third-order valence-electron chi connectivity index (χ3n) is 1.72. The van der Waals surface area contributed by atoms with Crippen molar-refractivity contribution >= 4 is 17.5 Å². The Bertz CT molecular complexity index is 256. The van der Waals surface area contributed by atoms with Gasteiger partial charge in [0.25, 0.3) is 5.91 Å². The standard InChI is InChI=1S/C10H16N2O3/c1-7(8(2)13)11-5-4-6-12-10(15)9(3)14/h11H,1,4-6H2,2-3H3,(H,12,15). The molecule has 0 rings (SSSR count). The van der Waals surface area contributed by atoms with Gasteiger partial charge in [-0.1, -0.05) is 6.58 Å². The minimum absolute atomic E-state index is 0.109. The lowest BCUT2D eigenvalue weighted by Crippen LogP contribution is -2.31. The van der Waals surface area contributed by atoms with Crippen LogP contribution < -0.4 is 10.6 Å². The lowest BCUT2D eigenvalue weighted by atomic mass is 10.3. The van der Waals surface area contributed by atoms with E-state index in [1.54, 1.807) is 0 Å². The van der Waals surface area contributed by atoms with Crippen LogP contribution in [0.2, 0.25) is 0 Å². The molecular weight excluding hydrogens is 196 g/mol. The largest absolute Gasteiger partial charge is 0.383 e. The van der Waals surface area contributed by atoms with Crippen LogP contribution >= 0.6 is 0 Å². The van der Waals surface area contributed by atoms with Crippen molar-refractivity contribution in [3.63, 3.8) is 0 Å². The Morgan fingerprint density at radius 3 is 2.00 bits per heavy atom. The molecule has 1 amide bonds. The number of amides is 1. The molecular formula is C10H16N2O3. The summed E-state index contributed by atoms with van der Waals surface area (Å²) in [6.07, 6.45) is 0.630. The maximum atomic E-state index is 10.8. The number of rotatable bonds is 7. The van der Waals surface area contributed by atoms with Crippen LogP contribution in [0.4, 0.5) is 0 Å². The molecule has 2 N–H and O–H groups in total. The summed E-state index contributed by atoms with van der Waals surface area (Å²) in [5, 5.41) is 5.25. The highest BCUT2D eigenvalue weighted by Crippen LogP contribution is 1.85. The molecule has 5 heteroatoms. The fraction of sp³-hybridized carbons (Fsp3) is 0.500. The second kappa shape index (κ2) is 6.75. The molecule has 0 aromatic heterocycles. The van der Waals surface area contributed by atoms with Gasteiger partial charge in [-0.05, 0) is 6.42 Å². The van der Waals surface area contributed by atoms with Gasteiger partial charge in [-0.15, -0.1) is 0 Å². The summed E-state index contributed by atoms with van der Waals surface area (Å²) in [6, 6.07) is 0. The maximum absolute atomic E-state index is 10.8. The van der Waals surface area contributed by atoms with Crippen molar-refractivity contribution < 1.29 is 14.4 Å². The zero-order valence-corrected chi connectivity index (χ0v) is 9.05. The zero-order valence-electron chi connectivity index (χ0n) is 9.05. The summed E-state index contributed by atoms with van der Waals surface area (Å²) in [7, 11) is 0. The van der Waals surface area contributed by atoms with E-state index in [9.17, 15) is 14.4 Å². The van der Waals surface area contributed by atoms with Crippen molar-refractivity contribution in [1.82, 2.24) is 10.6 Å². The third kappa shape index (κ3) is 6.42. The average molecular weight is 212 g/mol. The van der Waals surface area contributed by atoms with Crippen molar-refractivity contribution in [2.45, 2.75) is 20.3 Å². The predicted octanol–water partition coefficient (Wildman–Crippen LogP) is -0.226. The van der Waals surface area contributed by atoms with Crippen molar-refractivity contribution in [3.8, 4) is 0 Å². The van der Waals surface area contributed by atoms with E-state index in [1.807, 2.05) is 0 Å². The molecule has 0 radical (unpaired) electrons. The summed E-state index contributed by atoms with van der Waals surface area (Å²) in [5.41, 5.74) is 0.355. The van der Waals surface area contributed by atoms with E-state index < -0.39 is 11.7 Å². The van der Waals surface area contributed by atoms with Gasteiger partial charge in [0, 0.05) is 26.9 Å². The molecule has 0 spiro atoms. The summed E-state index contributed by atoms with van der Waals surface area (Å²) in [4.78, 5) is 32.0. The van der Waals surface area contributed by atoms with Gasteiger partial charge in [0.1, 0.15) is 0 Å². The number of hydrogen-bond acceptors (Lipinski definition) is 4. The van der Waals surface area contributed by atoms with E-state index in [0.717, 1.165) is 0 Å². The second-order valence-electron chi connectivity index (χ2n) is 3.13. The summed E-state index contributed by atoms with van der Waals surface area (Å²) >= 11 is 0. The molecule has 0 heterocycles. The fourth-order valence-electron chi connectivity index (χ4n) is 0.779. The molecule has 0 bridgehead atoms. The quantitative estimate of drug-likeness (QED) is 0.347. The first kappa shape index (κ1) is 13.4. The minimum atomic E-state index is -0.583. The SMILES string of the molecule is C=C(NCCCNC(=O)C(C)=O)C(C)=O. The van der Waals surface area contributed by atoms with Crippen LogP contribution in [0.3, 0.4) is 0 Å². The van der Waals surface area contributed by atoms with E-state index in [1.165, 1.54) is 13.8 Å². The third-order valence-corrected chi connectivity index (χ3v) is 1.72. The number of carbonyl (C=O) groups excluding carboxylic acids is 3. The fourth-order valence-corrected chi connectivity index (χ4v) is 0.779.